The average molecular weight is 281 g/mol. The first-order valence-corrected chi connectivity index (χ1v) is 6.64. The van der Waals surface area contributed by atoms with Gasteiger partial charge in [0.25, 0.3) is 0 Å². The maximum absolute atomic E-state index is 11.4. The van der Waals surface area contributed by atoms with Gasteiger partial charge in [-0.05, 0) is 31.0 Å². The summed E-state index contributed by atoms with van der Waals surface area (Å²) in [6, 6.07) is 5.33. The molecule has 0 aliphatic carbocycles. The lowest BCUT2D eigenvalue weighted by atomic mass is 10.1. The lowest BCUT2D eigenvalue weighted by Gasteiger charge is -2.14. The molecule has 1 aromatic carbocycles. The quantitative estimate of drug-likeness (QED) is 0.777. The number of hydrogen-bond acceptors (Lipinski definition) is 4. The minimum absolute atomic E-state index is 0.0880. The Labute approximate surface area is 120 Å². The highest BCUT2D eigenvalue weighted by Crippen LogP contribution is 2.30. The average Bonchev–Trinajstić information content (AvgIpc) is 2.42. The third-order valence-corrected chi connectivity index (χ3v) is 2.96. The summed E-state index contributed by atoms with van der Waals surface area (Å²) < 4.78 is 10.9. The van der Waals surface area contributed by atoms with E-state index in [1.165, 1.54) is 0 Å². The molecular weight excluding hydrogens is 258 g/mol. The van der Waals surface area contributed by atoms with Gasteiger partial charge in [0.2, 0.25) is 5.91 Å². The topological polar surface area (TPSA) is 59.0 Å². The first kappa shape index (κ1) is 16.3. The number of carbonyl (C=O) groups is 1. The van der Waals surface area contributed by atoms with Gasteiger partial charge >= 0.3 is 0 Å². The van der Waals surface area contributed by atoms with E-state index in [1.807, 2.05) is 0 Å². The lowest BCUT2D eigenvalue weighted by molar-refractivity contribution is -0.128. The van der Waals surface area contributed by atoms with Crippen molar-refractivity contribution in [2.45, 2.75) is 25.9 Å². The monoisotopic (exact) mass is 281 g/mol. The van der Waals surface area contributed by atoms with E-state index in [0.717, 1.165) is 5.56 Å². The van der Waals surface area contributed by atoms with Crippen LogP contribution in [-0.2, 0) is 4.79 Å². The fourth-order valence-electron chi connectivity index (χ4n) is 1.69. The molecule has 0 unspecified atom stereocenters. The zero-order valence-corrected chi connectivity index (χ0v) is 12.5. The lowest BCUT2D eigenvalue weighted by Crippen LogP contribution is -2.21. The summed E-state index contributed by atoms with van der Waals surface area (Å²) in [6.45, 7) is 2.14. The van der Waals surface area contributed by atoms with E-state index in [9.17, 15) is 9.90 Å². The molecule has 0 saturated heterocycles. The number of nitrogens with zero attached hydrogens (tertiary/aromatic N) is 1. The molecule has 0 aliphatic rings. The molecule has 20 heavy (non-hydrogen) atoms. The molecule has 0 aliphatic heterocycles. The Bertz CT molecular complexity index is 443. The summed E-state index contributed by atoms with van der Waals surface area (Å²) in [6.07, 6.45) is 0.565. The number of aliphatic hydroxyl groups excluding tert-OH is 1. The van der Waals surface area contributed by atoms with Crippen molar-refractivity contribution in [2.75, 3.05) is 27.8 Å². The third-order valence-electron chi connectivity index (χ3n) is 2.96. The molecular formula is C15H23NO4. The van der Waals surface area contributed by atoms with Crippen LogP contribution in [0.3, 0.4) is 0 Å². The van der Waals surface area contributed by atoms with E-state index in [0.29, 0.717) is 30.9 Å². The Morgan fingerprint density at radius 1 is 1.35 bits per heavy atom. The Morgan fingerprint density at radius 2 is 2.05 bits per heavy atom. The third kappa shape index (κ3) is 4.74. The smallest absolute Gasteiger partial charge is 0.222 e. The van der Waals surface area contributed by atoms with Crippen LogP contribution in [-0.4, -0.2) is 43.7 Å². The molecule has 5 heteroatoms. The van der Waals surface area contributed by atoms with Crippen molar-refractivity contribution < 1.29 is 19.4 Å². The number of benzene rings is 1. The molecule has 1 amide bonds. The van der Waals surface area contributed by atoms with Crippen molar-refractivity contribution in [3.8, 4) is 11.5 Å². The highest BCUT2D eigenvalue weighted by molar-refractivity contribution is 5.75. The summed E-state index contributed by atoms with van der Waals surface area (Å²) in [5, 5.41) is 9.52. The fraction of sp³-hybridized carbons (Fsp3) is 0.533. The van der Waals surface area contributed by atoms with Crippen LogP contribution < -0.4 is 9.47 Å². The number of aliphatic hydroxyl groups is 1. The Balaban J connectivity index is 2.53. The van der Waals surface area contributed by atoms with Gasteiger partial charge in [0.1, 0.15) is 0 Å². The van der Waals surface area contributed by atoms with Crippen molar-refractivity contribution in [3.05, 3.63) is 23.8 Å². The minimum Gasteiger partial charge on any atom is -0.493 e. The molecule has 0 heterocycles. The number of hydrogen-bond donors (Lipinski definition) is 1. The predicted molar refractivity (Wildman–Crippen MR) is 77.1 cm³/mol. The molecule has 1 aromatic rings. The van der Waals surface area contributed by atoms with E-state index >= 15 is 0 Å². The second-order valence-corrected chi connectivity index (χ2v) is 4.83. The highest BCUT2D eigenvalue weighted by Gasteiger charge is 2.09. The van der Waals surface area contributed by atoms with E-state index in [-0.39, 0.29) is 5.91 Å². The Morgan fingerprint density at radius 3 is 2.60 bits per heavy atom. The number of rotatable bonds is 7. The number of carbonyl (C=O) groups excluding carboxylic acids is 1. The molecule has 0 saturated carbocycles. The minimum atomic E-state index is -0.546. The standard InChI is InChI=1S/C15H23NO4/c1-11(17)12-7-8-13(14(10-12)19-4)20-9-5-6-15(18)16(2)3/h7-8,10-11,17H,5-6,9H2,1-4H3/t11-/m0/s1. The van der Waals surface area contributed by atoms with Gasteiger partial charge in [0, 0.05) is 20.5 Å². The second kappa shape index (κ2) is 7.75. The van der Waals surface area contributed by atoms with Crippen molar-refractivity contribution in [3.63, 3.8) is 0 Å². The zero-order chi connectivity index (χ0) is 15.1. The summed E-state index contributed by atoms with van der Waals surface area (Å²) in [4.78, 5) is 13.0. The van der Waals surface area contributed by atoms with Crippen LogP contribution in [0.5, 0.6) is 11.5 Å². The highest BCUT2D eigenvalue weighted by atomic mass is 16.5. The maximum Gasteiger partial charge on any atom is 0.222 e. The Kier molecular flexibility index (Phi) is 6.31. The van der Waals surface area contributed by atoms with Crippen molar-refractivity contribution in [2.24, 2.45) is 0 Å². The van der Waals surface area contributed by atoms with Crippen LogP contribution in [0.2, 0.25) is 0 Å². The van der Waals surface area contributed by atoms with Crippen molar-refractivity contribution in [1.82, 2.24) is 4.90 Å². The van der Waals surface area contributed by atoms with Gasteiger partial charge in [-0.25, -0.2) is 0 Å². The Hall–Kier alpha value is -1.75. The SMILES string of the molecule is COc1cc([C@H](C)O)ccc1OCCCC(=O)N(C)C. The summed E-state index contributed by atoms with van der Waals surface area (Å²) in [5.41, 5.74) is 0.775. The summed E-state index contributed by atoms with van der Waals surface area (Å²) in [7, 11) is 5.03. The van der Waals surface area contributed by atoms with Gasteiger partial charge in [-0.1, -0.05) is 6.07 Å². The zero-order valence-electron chi connectivity index (χ0n) is 12.5. The van der Waals surface area contributed by atoms with Crippen LogP contribution in [0.1, 0.15) is 31.4 Å². The van der Waals surface area contributed by atoms with Gasteiger partial charge in [-0.2, -0.15) is 0 Å². The molecule has 1 N–H and O–H groups in total. The van der Waals surface area contributed by atoms with Crippen molar-refractivity contribution in [1.29, 1.82) is 0 Å². The first-order valence-electron chi connectivity index (χ1n) is 6.64. The van der Waals surface area contributed by atoms with Crippen LogP contribution in [0.4, 0.5) is 0 Å². The first-order chi connectivity index (χ1) is 9.45. The molecule has 1 rings (SSSR count). The van der Waals surface area contributed by atoms with Gasteiger partial charge in [-0.15, -0.1) is 0 Å². The fourth-order valence-corrected chi connectivity index (χ4v) is 1.69. The van der Waals surface area contributed by atoms with Gasteiger partial charge in [0.05, 0.1) is 19.8 Å². The largest absolute Gasteiger partial charge is 0.493 e. The molecule has 0 radical (unpaired) electrons. The summed E-state index contributed by atoms with van der Waals surface area (Å²) >= 11 is 0. The van der Waals surface area contributed by atoms with E-state index < -0.39 is 6.10 Å². The molecule has 0 fully saturated rings. The van der Waals surface area contributed by atoms with Crippen LogP contribution in [0.15, 0.2) is 18.2 Å². The van der Waals surface area contributed by atoms with Crippen molar-refractivity contribution >= 4 is 5.91 Å². The molecule has 0 aromatic heterocycles. The van der Waals surface area contributed by atoms with E-state index in [1.54, 1.807) is 51.2 Å². The van der Waals surface area contributed by atoms with Crippen LogP contribution >= 0.6 is 0 Å². The second-order valence-electron chi connectivity index (χ2n) is 4.83. The number of amides is 1. The van der Waals surface area contributed by atoms with Gasteiger partial charge in [-0.3, -0.25) is 4.79 Å². The molecule has 1 atom stereocenters. The van der Waals surface area contributed by atoms with E-state index in [2.05, 4.69) is 0 Å². The van der Waals surface area contributed by atoms with Crippen LogP contribution in [0, 0.1) is 0 Å². The van der Waals surface area contributed by atoms with Crippen LogP contribution in [0.25, 0.3) is 0 Å². The molecule has 0 bridgehead atoms. The maximum atomic E-state index is 11.4. The van der Waals surface area contributed by atoms with E-state index in [4.69, 9.17) is 9.47 Å². The summed E-state index contributed by atoms with van der Waals surface area (Å²) in [5.74, 6) is 1.29. The van der Waals surface area contributed by atoms with Gasteiger partial charge in [0.15, 0.2) is 11.5 Å². The molecule has 5 nitrogen and oxygen atoms in total. The number of ether oxygens (including phenoxy) is 2. The normalized spacial score (nSPS) is 11.8. The van der Waals surface area contributed by atoms with Gasteiger partial charge < -0.3 is 19.5 Å². The molecule has 0 spiro atoms. The molecule has 112 valence electrons. The predicted octanol–water partition coefficient (Wildman–Crippen LogP) is 2.00. The number of methoxy groups -OCH3 is 1.